The summed E-state index contributed by atoms with van der Waals surface area (Å²) in [5, 5.41) is 16.1. The van der Waals surface area contributed by atoms with Crippen LogP contribution in [0, 0.1) is 6.92 Å². The van der Waals surface area contributed by atoms with Gasteiger partial charge in [-0.25, -0.2) is 38.0 Å². The second-order valence-corrected chi connectivity index (χ2v) is 10.9. The quantitative estimate of drug-likeness (QED) is 0.0781. The molecule has 0 aromatic heterocycles. The second kappa shape index (κ2) is 17.7. The highest BCUT2D eigenvalue weighted by atomic mass is 19.4. The molecule has 1 aromatic rings. The molecular weight excluding hydrogens is 948 g/mol. The van der Waals surface area contributed by atoms with Crippen molar-refractivity contribution in [2.24, 2.45) is 0 Å². The Bertz CT molecular complexity index is 1570. The van der Waals surface area contributed by atoms with Crippen molar-refractivity contribution in [1.29, 1.82) is 0 Å². The van der Waals surface area contributed by atoms with E-state index in [-0.39, 0.29) is 6.07 Å². The van der Waals surface area contributed by atoms with Crippen molar-refractivity contribution in [2.45, 2.75) is 80.2 Å². The Hall–Kier alpha value is -3.84. The van der Waals surface area contributed by atoms with Crippen LogP contribution >= 0.6 is 0 Å². The van der Waals surface area contributed by atoms with E-state index < -0.39 is 128 Å². The molecule has 12 nitrogen and oxygen atoms in total. The molecule has 0 radical (unpaired) electrons. The van der Waals surface area contributed by atoms with Crippen molar-refractivity contribution in [2.75, 3.05) is 26.4 Å². The number of halogens is 24. The first-order valence-corrected chi connectivity index (χ1v) is 14.2. The number of carbonyl (C=O) groups is 2. The number of aliphatic hydroxyl groups is 2. The average Bonchev–Trinajstić information content (AvgIpc) is 3.02. The first-order chi connectivity index (χ1) is 26.7. The minimum atomic E-state index is -7.35. The first kappa shape index (κ1) is 55.2. The highest BCUT2D eigenvalue weighted by molar-refractivity contribution is 5.95. The molecule has 1 rings (SSSR count). The van der Waals surface area contributed by atoms with Crippen LogP contribution in [-0.4, -0.2) is 122 Å². The molecule has 0 saturated heterocycles. The number of esters is 2. The van der Waals surface area contributed by atoms with Crippen molar-refractivity contribution in [1.82, 2.24) is 0 Å². The van der Waals surface area contributed by atoms with Gasteiger partial charge in [-0.1, -0.05) is 0 Å². The summed E-state index contributed by atoms with van der Waals surface area (Å²) in [7, 11) is 0. The summed E-state index contributed by atoms with van der Waals surface area (Å²) in [6, 6.07) is 0.933. The molecule has 2 N–H and O–H groups in total. The molecule has 0 unspecified atom stereocenters. The van der Waals surface area contributed by atoms with Gasteiger partial charge in [0.15, 0.2) is 13.2 Å². The third-order valence-corrected chi connectivity index (χ3v) is 5.64. The number of ether oxygens (including phenoxy) is 8. The van der Waals surface area contributed by atoms with Gasteiger partial charge in [0.1, 0.15) is 13.2 Å². The van der Waals surface area contributed by atoms with Gasteiger partial charge >= 0.3 is 85.2 Å². The Morgan fingerprint density at radius 1 is 0.393 bits per heavy atom. The Balaban J connectivity index is 3.08. The summed E-state index contributed by atoms with van der Waals surface area (Å²) < 4.78 is 342. The third kappa shape index (κ3) is 14.6. The number of carbonyl (C=O) groups excluding carboxylic acids is 2. The zero-order valence-corrected chi connectivity index (χ0v) is 28.1. The van der Waals surface area contributed by atoms with E-state index in [1.165, 1.54) is 0 Å². The van der Waals surface area contributed by atoms with Gasteiger partial charge in [0, 0.05) is 0 Å². The van der Waals surface area contributed by atoms with Gasteiger partial charge in [-0.05, 0) is 30.7 Å². The summed E-state index contributed by atoms with van der Waals surface area (Å²) in [6.07, 6.45) is -81.1. The van der Waals surface area contributed by atoms with Crippen LogP contribution in [0.2, 0.25) is 0 Å². The fraction of sp³-hybridized carbons (Fsp3) is 0.680. The van der Waals surface area contributed by atoms with Gasteiger partial charge in [0.2, 0.25) is 0 Å². The zero-order valence-electron chi connectivity index (χ0n) is 28.1. The van der Waals surface area contributed by atoms with Crippen LogP contribution in [0.4, 0.5) is 105 Å². The number of rotatable bonds is 24. The standard InChI is InChI=1S/C25H16F24O12/c1-9-2-10(12(52)54-7-16(30,31)58-20(38,39)24(46,47)60-22(42,43)18(34,35)56-14(26,27)5-50)4-11(3-9)13(53)55-8-17(32,33)59-21(40,41)25(48,49)61-23(44,45)19(36,37)57-15(28,29)6-51/h2-4,50-51H,5-8H2,1H3. The zero-order chi connectivity index (χ0) is 48.5. The smallest absolute Gasteiger partial charge is 0.453 e. The Labute approximate surface area is 317 Å². The van der Waals surface area contributed by atoms with Gasteiger partial charge in [-0.3, -0.25) is 0 Å². The lowest BCUT2D eigenvalue weighted by Gasteiger charge is -2.33. The molecule has 0 fully saturated rings. The Morgan fingerprint density at radius 3 is 0.836 bits per heavy atom. The molecule has 0 atom stereocenters. The molecule has 0 bridgehead atoms. The minimum Gasteiger partial charge on any atom is -0.453 e. The number of alkyl halides is 24. The van der Waals surface area contributed by atoms with Crippen LogP contribution in [0.3, 0.4) is 0 Å². The van der Waals surface area contributed by atoms with E-state index in [1.807, 2.05) is 9.47 Å². The molecule has 61 heavy (non-hydrogen) atoms. The van der Waals surface area contributed by atoms with Crippen LogP contribution in [0.1, 0.15) is 26.3 Å². The van der Waals surface area contributed by atoms with E-state index in [4.69, 9.17) is 10.2 Å². The maximum Gasteiger partial charge on any atom is 0.453 e. The van der Waals surface area contributed by atoms with Crippen molar-refractivity contribution >= 4 is 11.9 Å². The van der Waals surface area contributed by atoms with Crippen molar-refractivity contribution in [3.05, 3.63) is 34.9 Å². The van der Waals surface area contributed by atoms with Crippen molar-refractivity contribution < 1.29 is 163 Å². The molecule has 1 aromatic carbocycles. The third-order valence-electron chi connectivity index (χ3n) is 5.64. The van der Waals surface area contributed by atoms with Crippen LogP contribution < -0.4 is 0 Å². The summed E-state index contributed by atoms with van der Waals surface area (Å²) in [5.74, 6) is -4.60. The average molecular weight is 964 g/mol. The molecule has 0 heterocycles. The van der Waals surface area contributed by atoms with Crippen molar-refractivity contribution in [3.63, 3.8) is 0 Å². The van der Waals surface area contributed by atoms with E-state index >= 15 is 0 Å². The van der Waals surface area contributed by atoms with Gasteiger partial charge in [0.05, 0.1) is 11.1 Å². The van der Waals surface area contributed by atoms with Crippen LogP contribution in [-0.2, 0) is 37.9 Å². The monoisotopic (exact) mass is 964 g/mol. The van der Waals surface area contributed by atoms with Gasteiger partial charge in [0.25, 0.3) is 0 Å². The summed E-state index contributed by atoms with van der Waals surface area (Å²) in [6.45, 7) is -10.9. The van der Waals surface area contributed by atoms with Crippen LogP contribution in [0.15, 0.2) is 18.2 Å². The number of aryl methyl sites for hydroxylation is 1. The normalized spacial score (nSPS) is 14.9. The van der Waals surface area contributed by atoms with E-state index in [1.54, 1.807) is 9.47 Å². The molecule has 0 amide bonds. The molecule has 0 aliphatic heterocycles. The number of hydrogen-bond acceptors (Lipinski definition) is 12. The van der Waals surface area contributed by atoms with Gasteiger partial charge in [-0.15, -0.1) is 0 Å². The molecule has 0 saturated carbocycles. The fourth-order valence-corrected chi connectivity index (χ4v) is 3.16. The predicted octanol–water partition coefficient (Wildman–Crippen LogP) is 7.51. The van der Waals surface area contributed by atoms with Crippen molar-refractivity contribution in [3.8, 4) is 0 Å². The summed E-state index contributed by atoms with van der Waals surface area (Å²) in [4.78, 5) is 24.3. The number of benzene rings is 1. The van der Waals surface area contributed by atoms with Crippen LogP contribution in [0.5, 0.6) is 0 Å². The molecule has 36 heteroatoms. The largest absolute Gasteiger partial charge is 0.453 e. The minimum absolute atomic E-state index is 0.0259. The van der Waals surface area contributed by atoms with Gasteiger partial charge in [-0.2, -0.15) is 105 Å². The lowest BCUT2D eigenvalue weighted by molar-refractivity contribution is -0.558. The maximum absolute atomic E-state index is 13.9. The number of hydrogen-bond donors (Lipinski definition) is 2. The predicted molar refractivity (Wildman–Crippen MR) is 132 cm³/mol. The maximum atomic E-state index is 13.9. The summed E-state index contributed by atoms with van der Waals surface area (Å²) in [5.41, 5.74) is -3.08. The Kier molecular flexibility index (Phi) is 16.0. The van der Waals surface area contributed by atoms with E-state index in [9.17, 15) is 115 Å². The van der Waals surface area contributed by atoms with E-state index in [0.29, 0.717) is 12.1 Å². The second-order valence-electron chi connectivity index (χ2n) is 10.9. The lowest BCUT2D eigenvalue weighted by atomic mass is 10.1. The van der Waals surface area contributed by atoms with E-state index in [0.717, 1.165) is 6.92 Å². The molecule has 0 spiro atoms. The van der Waals surface area contributed by atoms with Gasteiger partial charge < -0.3 is 19.7 Å². The fourth-order valence-electron chi connectivity index (χ4n) is 3.16. The lowest BCUT2D eigenvalue weighted by Crippen LogP contribution is -2.58. The summed E-state index contributed by atoms with van der Waals surface area (Å²) >= 11 is 0. The topological polar surface area (TPSA) is 148 Å². The first-order valence-electron chi connectivity index (χ1n) is 14.2. The SMILES string of the molecule is Cc1cc(C(=O)OCC(F)(F)OC(F)(F)C(F)(F)OC(F)(F)C(F)(F)OC(F)(F)CO)cc(C(=O)OCC(F)(F)OC(F)(F)C(F)(F)OC(F)(F)C(F)(F)OC(F)(F)CO)c1. The van der Waals surface area contributed by atoms with E-state index in [2.05, 4.69) is 18.9 Å². The number of aliphatic hydroxyl groups excluding tert-OH is 2. The van der Waals surface area contributed by atoms with Crippen LogP contribution in [0.25, 0.3) is 0 Å². The highest BCUT2D eigenvalue weighted by Crippen LogP contribution is 2.50. The molecule has 0 aliphatic carbocycles. The molecule has 0 aliphatic rings. The highest BCUT2D eigenvalue weighted by Gasteiger charge is 2.75. The molecule has 356 valence electrons. The Morgan fingerprint density at radius 2 is 0.607 bits per heavy atom. The molecular formula is C25H16F24O12.